The molecule has 106 heavy (non-hydrogen) atoms. The summed E-state index contributed by atoms with van der Waals surface area (Å²) in [5, 5.41) is 46.8. The number of Topliss-reactive ketones (excluding diaryl/α,β-unsaturated/α-hetero) is 6. The first-order valence-corrected chi connectivity index (χ1v) is 35.5. The highest BCUT2D eigenvalue weighted by Crippen LogP contribution is 2.23. The van der Waals surface area contributed by atoms with Crippen molar-refractivity contribution in [2.45, 2.75) is 207 Å². The molecule has 0 aliphatic heterocycles. The first kappa shape index (κ1) is 94.9. The van der Waals surface area contributed by atoms with Gasteiger partial charge in [-0.2, -0.15) is 0 Å². The quantitative estimate of drug-likeness (QED) is 0.0181. The summed E-state index contributed by atoms with van der Waals surface area (Å²) in [5.74, 6) is -16.6. The number of carbonyl (C=O) groups is 16. The average molecular weight is 1500 g/mol. The maximum atomic E-state index is 14.1. The number of nitrogens with one attached hydrogen (secondary N) is 6. The third-order valence-corrected chi connectivity index (χ3v) is 16.3. The third-order valence-electron chi connectivity index (χ3n) is 16.3. The van der Waals surface area contributed by atoms with E-state index in [1.54, 1.807) is 62.4 Å². The van der Waals surface area contributed by atoms with Crippen molar-refractivity contribution >= 4 is 94.0 Å². The predicted octanol–water partition coefficient (Wildman–Crippen LogP) is 4.94. The number of carboxylic acid groups (broad SMARTS) is 2. The van der Waals surface area contributed by atoms with Gasteiger partial charge in [0, 0.05) is 103 Å². The van der Waals surface area contributed by atoms with Gasteiger partial charge < -0.3 is 69.5 Å². The Labute approximate surface area is 618 Å². The summed E-state index contributed by atoms with van der Waals surface area (Å²) in [5.41, 5.74) is 4.41. The van der Waals surface area contributed by atoms with Gasteiger partial charge in [0.05, 0.1) is 75.3 Å². The molecule has 2 aromatic rings. The van der Waals surface area contributed by atoms with E-state index >= 15 is 0 Å². The highest BCUT2D eigenvalue weighted by molar-refractivity contribution is 5.98. The third kappa shape index (κ3) is 44.7. The second kappa shape index (κ2) is 55.4. The lowest BCUT2D eigenvalue weighted by Crippen LogP contribution is -2.48. The number of esters is 2. The summed E-state index contributed by atoms with van der Waals surface area (Å²) in [4.78, 5) is 203. The average Bonchev–Trinajstić information content (AvgIpc) is 0.859. The predicted molar refractivity (Wildman–Crippen MR) is 378 cm³/mol. The van der Waals surface area contributed by atoms with Gasteiger partial charge in [-0.3, -0.25) is 77.5 Å². The first-order valence-electron chi connectivity index (χ1n) is 35.5. The molecule has 0 aliphatic rings. The molecular formula is C74H110N6O26. The van der Waals surface area contributed by atoms with Crippen molar-refractivity contribution in [3.05, 3.63) is 71.8 Å². The number of ketones is 6. The van der Waals surface area contributed by atoms with Crippen molar-refractivity contribution in [3.8, 4) is 0 Å². The smallest absolute Gasteiger partial charge is 0.306 e. The molecule has 8 atom stereocenters. The van der Waals surface area contributed by atoms with Crippen molar-refractivity contribution < 1.29 is 126 Å². The standard InChI is InChI=1S/C44H60N2O13.C30H50N4O13/c1-30(2)24-37(46-44(55)35(25-31(3)47)27-40(50)51)39(49)26-34(17-19-41(52)58-28-32-12-7-5-8-13-32)43(54)45-36(38(48)16-11-21-57-23-22-56-4)18-20-42(53)59-29-33-14-9-6-10-15-33;1-18(2)14-23(32-30(43)21(15-19(3)35)17-28(40)41)25(37)16-20(7-9-26(38)33-44)29(42)31-22(8-10-27(39)34-45)24(36)6-5-11-47-13-12-46-4/h5-10,12-15,30,34-37H,11,16-29H2,1-4H3,(H,45,54)(H,46,55)(H,50,51);18,20-23,44-45H,5-17H2,1-4H3,(H,31,42)(H,32,43)(H,33,38)(H,34,39)(H,40,41)/t34-,35+,36-,37-;20-,21+,22-,23-/m11/s1. The van der Waals surface area contributed by atoms with E-state index in [0.717, 1.165) is 11.1 Å². The van der Waals surface area contributed by atoms with Crippen LogP contribution < -0.4 is 32.2 Å². The largest absolute Gasteiger partial charge is 0.481 e. The number of methoxy groups -OCH3 is 2. The molecule has 0 saturated carbocycles. The van der Waals surface area contributed by atoms with Crippen molar-refractivity contribution in [1.29, 1.82) is 0 Å². The number of carboxylic acids is 2. The van der Waals surface area contributed by atoms with Gasteiger partial charge in [-0.15, -0.1) is 0 Å². The summed E-state index contributed by atoms with van der Waals surface area (Å²) in [6.45, 7) is 11.5. The SMILES string of the molecule is COCCOCCCC(=O)[C@@H](CCC(=O)NO)NC(=O)[C@H](CCC(=O)NO)CC(=O)[C@@H](CC(C)C)NC(=O)[C@@H](CC(C)=O)CC(=O)O.COCCOCCCC(=O)[C@@H](CCC(=O)OCc1ccccc1)NC(=O)[C@H](CCC(=O)OCc1ccccc1)CC(=O)[C@@H](CC(C)C)NC(=O)[C@@H](CC(C)=O)CC(=O)O. The summed E-state index contributed by atoms with van der Waals surface area (Å²) < 4.78 is 31.5. The van der Waals surface area contributed by atoms with Crippen molar-refractivity contribution in [3.63, 3.8) is 0 Å². The molecule has 0 spiro atoms. The Morgan fingerprint density at radius 2 is 0.708 bits per heavy atom. The topological polar surface area (TPSA) is 482 Å². The van der Waals surface area contributed by atoms with Crippen LogP contribution in [0.25, 0.3) is 0 Å². The van der Waals surface area contributed by atoms with Gasteiger partial charge in [0.15, 0.2) is 23.1 Å². The molecule has 2 rings (SSSR count). The fraction of sp³-hybridized carbons (Fsp3) is 0.622. The number of rotatable bonds is 58. The molecule has 0 heterocycles. The number of ether oxygens (including phenoxy) is 6. The molecule has 0 fully saturated rings. The van der Waals surface area contributed by atoms with Crippen molar-refractivity contribution in [2.75, 3.05) is 53.9 Å². The summed E-state index contributed by atoms with van der Waals surface area (Å²) >= 11 is 0. The minimum Gasteiger partial charge on any atom is -0.481 e. The molecule has 0 unspecified atom stereocenters. The van der Waals surface area contributed by atoms with Gasteiger partial charge in [0.25, 0.3) is 0 Å². The molecular weight excluding hydrogens is 1390 g/mol. The fourth-order valence-electron chi connectivity index (χ4n) is 10.7. The normalized spacial score (nSPS) is 13.2. The molecule has 0 aromatic heterocycles. The Morgan fingerprint density at radius 3 is 1.05 bits per heavy atom. The van der Waals surface area contributed by atoms with Crippen LogP contribution in [0.15, 0.2) is 60.7 Å². The number of aliphatic carboxylic acids is 2. The van der Waals surface area contributed by atoms with E-state index < -0.39 is 162 Å². The number of amides is 6. The van der Waals surface area contributed by atoms with Crippen molar-refractivity contribution in [1.82, 2.24) is 32.2 Å². The van der Waals surface area contributed by atoms with E-state index in [2.05, 4.69) is 21.3 Å². The Balaban J connectivity index is 0.00000109. The summed E-state index contributed by atoms with van der Waals surface area (Å²) in [6, 6.07) is 13.3. The van der Waals surface area contributed by atoms with E-state index in [1.807, 2.05) is 26.0 Å². The lowest BCUT2D eigenvalue weighted by Gasteiger charge is -2.25. The summed E-state index contributed by atoms with van der Waals surface area (Å²) in [7, 11) is 3.05. The zero-order chi connectivity index (χ0) is 79.5. The monoisotopic (exact) mass is 1500 g/mol. The van der Waals surface area contributed by atoms with Crippen LogP contribution in [0.4, 0.5) is 0 Å². The van der Waals surface area contributed by atoms with Crippen LogP contribution in [0.3, 0.4) is 0 Å². The van der Waals surface area contributed by atoms with Crippen LogP contribution in [0.1, 0.15) is 181 Å². The van der Waals surface area contributed by atoms with Gasteiger partial charge in [-0.25, -0.2) is 11.0 Å². The van der Waals surface area contributed by atoms with Gasteiger partial charge >= 0.3 is 23.9 Å². The summed E-state index contributed by atoms with van der Waals surface area (Å²) in [6.07, 6.45) is -3.96. The lowest BCUT2D eigenvalue weighted by atomic mass is 9.89. The minimum atomic E-state index is -1.31. The molecule has 0 radical (unpaired) electrons. The molecule has 10 N–H and O–H groups in total. The molecule has 6 amide bonds. The van der Waals surface area contributed by atoms with Gasteiger partial charge in [0.2, 0.25) is 35.4 Å². The molecule has 0 saturated heterocycles. The van der Waals surface area contributed by atoms with Gasteiger partial charge in [0.1, 0.15) is 24.8 Å². The van der Waals surface area contributed by atoms with E-state index in [-0.39, 0.29) is 134 Å². The second-order valence-electron chi connectivity index (χ2n) is 26.5. The maximum absolute atomic E-state index is 14.1. The van der Waals surface area contributed by atoms with Crippen LogP contribution in [0.5, 0.6) is 0 Å². The number of carbonyl (C=O) groups excluding carboxylic acids is 14. The zero-order valence-corrected chi connectivity index (χ0v) is 62.1. The molecule has 2 aromatic carbocycles. The number of hydrogen-bond acceptors (Lipinski definition) is 24. The lowest BCUT2D eigenvalue weighted by molar-refractivity contribution is -0.147. The van der Waals surface area contributed by atoms with Crippen LogP contribution in [0.2, 0.25) is 0 Å². The zero-order valence-electron chi connectivity index (χ0n) is 62.1. The second-order valence-corrected chi connectivity index (χ2v) is 26.5. The van der Waals surface area contributed by atoms with E-state index in [0.29, 0.717) is 39.3 Å². The minimum absolute atomic E-state index is 0.00661. The fourth-order valence-corrected chi connectivity index (χ4v) is 10.7. The highest BCUT2D eigenvalue weighted by atomic mass is 16.5. The molecule has 0 bridgehead atoms. The molecule has 592 valence electrons. The van der Waals surface area contributed by atoms with Crippen LogP contribution >= 0.6 is 0 Å². The Hall–Kier alpha value is -9.08. The molecule has 0 aliphatic carbocycles. The Morgan fingerprint density at radius 1 is 0.377 bits per heavy atom. The van der Waals surface area contributed by atoms with Gasteiger partial charge in [-0.05, 0) is 88.2 Å². The van der Waals surface area contributed by atoms with Crippen LogP contribution in [-0.2, 0) is 118 Å². The number of hydroxylamine groups is 2. The maximum Gasteiger partial charge on any atom is 0.306 e. The number of benzene rings is 2. The Bertz CT molecular complexity index is 3080. The Kier molecular flexibility index (Phi) is 49.6. The van der Waals surface area contributed by atoms with E-state index in [1.165, 1.54) is 39.0 Å². The molecule has 32 nitrogen and oxygen atoms in total. The first-order chi connectivity index (χ1) is 50.3. The van der Waals surface area contributed by atoms with E-state index in [9.17, 15) is 86.9 Å². The number of hydrogen-bond donors (Lipinski definition) is 10. The van der Waals surface area contributed by atoms with E-state index in [4.69, 9.17) is 38.8 Å². The molecule has 32 heteroatoms. The van der Waals surface area contributed by atoms with Crippen molar-refractivity contribution in [2.24, 2.45) is 35.5 Å². The van der Waals surface area contributed by atoms with Crippen LogP contribution in [0, 0.1) is 35.5 Å². The van der Waals surface area contributed by atoms with Crippen LogP contribution in [-0.4, -0.2) is 193 Å². The van der Waals surface area contributed by atoms with Gasteiger partial charge in [-0.1, -0.05) is 88.4 Å². The highest BCUT2D eigenvalue weighted by Gasteiger charge is 2.36.